The summed E-state index contributed by atoms with van der Waals surface area (Å²) in [5, 5.41) is 10.6. The van der Waals surface area contributed by atoms with Gasteiger partial charge in [-0.1, -0.05) is 24.3 Å². The summed E-state index contributed by atoms with van der Waals surface area (Å²) in [5.41, 5.74) is 0.920. The molecule has 7 nitrogen and oxygen atoms in total. The van der Waals surface area contributed by atoms with Crippen LogP contribution in [0.5, 0.6) is 0 Å². The van der Waals surface area contributed by atoms with Crippen molar-refractivity contribution in [3.8, 4) is 11.4 Å². The normalized spacial score (nSPS) is 16.8. The van der Waals surface area contributed by atoms with Crippen molar-refractivity contribution in [1.29, 1.82) is 0 Å². The molecule has 10 heteroatoms. The van der Waals surface area contributed by atoms with Crippen LogP contribution >= 0.6 is 11.3 Å². The number of benzene rings is 1. The number of aromatic nitrogens is 4. The first-order valence-electron chi connectivity index (χ1n) is 11.8. The molecule has 1 aliphatic rings. The maximum absolute atomic E-state index is 14.6. The van der Waals surface area contributed by atoms with Crippen molar-refractivity contribution in [1.82, 2.24) is 30.4 Å². The molecule has 35 heavy (non-hydrogen) atoms. The summed E-state index contributed by atoms with van der Waals surface area (Å²) in [5.74, 6) is -2.87. The van der Waals surface area contributed by atoms with E-state index in [4.69, 9.17) is 0 Å². The summed E-state index contributed by atoms with van der Waals surface area (Å²) in [4.78, 5) is 24.2. The third-order valence-corrected chi connectivity index (χ3v) is 8.11. The Balaban J connectivity index is 1.39. The van der Waals surface area contributed by atoms with E-state index in [0.29, 0.717) is 25.2 Å². The number of nitrogens with one attached hydrogen (secondary N) is 2. The van der Waals surface area contributed by atoms with Gasteiger partial charge in [-0.05, 0) is 52.8 Å². The van der Waals surface area contributed by atoms with E-state index in [1.54, 1.807) is 6.20 Å². The number of likely N-dealkylation sites (N-methyl/N-ethyl adjacent to an activating group) is 1. The van der Waals surface area contributed by atoms with Gasteiger partial charge in [-0.15, -0.1) is 11.3 Å². The quantitative estimate of drug-likeness (QED) is 0.405. The molecule has 2 heterocycles. The number of aromatic amines is 1. The fourth-order valence-electron chi connectivity index (χ4n) is 4.68. The molecule has 0 aliphatic heterocycles. The maximum atomic E-state index is 14.6. The van der Waals surface area contributed by atoms with E-state index in [-0.39, 0.29) is 18.4 Å². The number of aryl methyl sites for hydroxylation is 1. The first-order chi connectivity index (χ1) is 16.6. The molecule has 2 N–H and O–H groups in total. The average molecular weight is 503 g/mol. The Hall–Kier alpha value is -2.72. The van der Waals surface area contributed by atoms with Crippen molar-refractivity contribution in [2.24, 2.45) is 5.41 Å². The van der Waals surface area contributed by atoms with Crippen LogP contribution in [0, 0.1) is 12.3 Å². The summed E-state index contributed by atoms with van der Waals surface area (Å²) in [6.45, 7) is 3.27. The van der Waals surface area contributed by atoms with E-state index >= 15 is 0 Å². The average Bonchev–Trinajstić information content (AvgIpc) is 3.23. The Morgan fingerprint density at radius 2 is 1.97 bits per heavy atom. The van der Waals surface area contributed by atoms with Crippen molar-refractivity contribution in [3.05, 3.63) is 52.2 Å². The molecule has 0 saturated heterocycles. The summed E-state index contributed by atoms with van der Waals surface area (Å²) in [6.07, 6.45) is 4.76. The fraction of sp³-hybridized carbons (Fsp3) is 0.520. The lowest BCUT2D eigenvalue weighted by Crippen LogP contribution is -2.42. The third kappa shape index (κ3) is 5.75. The van der Waals surface area contributed by atoms with Crippen LogP contribution in [0.1, 0.15) is 47.6 Å². The van der Waals surface area contributed by atoms with Gasteiger partial charge in [0, 0.05) is 47.0 Å². The van der Waals surface area contributed by atoms with Crippen molar-refractivity contribution in [2.75, 3.05) is 20.6 Å². The van der Waals surface area contributed by atoms with Gasteiger partial charge in [-0.2, -0.15) is 5.10 Å². The Morgan fingerprint density at radius 1 is 1.26 bits per heavy atom. The maximum Gasteiger partial charge on any atom is 0.251 e. The number of H-pyrrole nitrogens is 1. The monoisotopic (exact) mass is 502 g/mol. The Labute approximate surface area is 208 Å². The Bertz CT molecular complexity index is 1120. The molecule has 1 fully saturated rings. The number of carbonyl (C=O) groups is 1. The Morgan fingerprint density at radius 3 is 2.49 bits per heavy atom. The molecule has 0 unspecified atom stereocenters. The molecule has 0 bridgehead atoms. The highest BCUT2D eigenvalue weighted by Crippen LogP contribution is 2.65. The molecule has 3 aromatic rings. The molecular formula is C25H32F2N6OS. The second kappa shape index (κ2) is 10.1. The summed E-state index contributed by atoms with van der Waals surface area (Å²) >= 11 is 1.41. The number of hydrogen-bond donors (Lipinski definition) is 2. The summed E-state index contributed by atoms with van der Waals surface area (Å²) in [7, 11) is 3.94. The van der Waals surface area contributed by atoms with E-state index in [1.165, 1.54) is 17.7 Å². The second-order valence-electron chi connectivity index (χ2n) is 9.74. The highest BCUT2D eigenvalue weighted by atomic mass is 32.1. The number of nitrogens with zero attached hydrogens (tertiary/aromatic N) is 4. The molecule has 4 rings (SSSR count). The highest BCUT2D eigenvalue weighted by Gasteiger charge is 2.64. The zero-order chi connectivity index (χ0) is 25.2. The Kier molecular flexibility index (Phi) is 7.32. The number of thiazole rings is 1. The van der Waals surface area contributed by atoms with E-state index in [1.807, 2.05) is 45.3 Å². The van der Waals surface area contributed by atoms with E-state index < -0.39 is 17.3 Å². The van der Waals surface area contributed by atoms with E-state index in [9.17, 15) is 13.6 Å². The molecule has 1 saturated carbocycles. The standard InChI is InChI=1S/C25H32F2N6OS/c1-16-28-14-21(35-16)20(25(9-10-25)24(2,26)27)12-22(34)29-13-19(33(3)4)11-17-5-7-18(8-6-17)23-30-15-31-32-23/h5-8,14-15,19-20H,9-13H2,1-4H3,(H,29,34)(H,30,31,32)/t19-,20-/m0/s1. The first-order valence-corrected chi connectivity index (χ1v) is 12.6. The van der Waals surface area contributed by atoms with Gasteiger partial charge in [0.1, 0.15) is 6.33 Å². The fourth-order valence-corrected chi connectivity index (χ4v) is 5.68. The van der Waals surface area contributed by atoms with Gasteiger partial charge in [0.15, 0.2) is 5.82 Å². The van der Waals surface area contributed by atoms with Gasteiger partial charge < -0.3 is 10.2 Å². The first kappa shape index (κ1) is 25.4. The highest BCUT2D eigenvalue weighted by molar-refractivity contribution is 7.11. The van der Waals surface area contributed by atoms with Gasteiger partial charge >= 0.3 is 0 Å². The topological polar surface area (TPSA) is 86.8 Å². The van der Waals surface area contributed by atoms with Crippen LogP contribution in [0.15, 0.2) is 36.8 Å². The smallest absolute Gasteiger partial charge is 0.251 e. The van der Waals surface area contributed by atoms with Crippen LogP contribution in [0.25, 0.3) is 11.4 Å². The SMILES string of the molecule is Cc1ncc([C@H](CC(=O)NC[C@H](Cc2ccc(-c3ncn[nH]3)cc2)N(C)C)C2(C(C)(F)F)CC2)s1. The molecule has 0 spiro atoms. The van der Waals surface area contributed by atoms with Crippen molar-refractivity contribution in [3.63, 3.8) is 0 Å². The number of amides is 1. The van der Waals surface area contributed by atoms with Crippen LogP contribution < -0.4 is 5.32 Å². The van der Waals surface area contributed by atoms with Crippen molar-refractivity contribution in [2.45, 2.75) is 57.4 Å². The lowest BCUT2D eigenvalue weighted by atomic mass is 9.80. The molecule has 1 aliphatic carbocycles. The zero-order valence-corrected chi connectivity index (χ0v) is 21.3. The molecule has 2 aromatic heterocycles. The van der Waals surface area contributed by atoms with E-state index in [2.05, 4.69) is 30.4 Å². The summed E-state index contributed by atoms with van der Waals surface area (Å²) < 4.78 is 29.1. The van der Waals surface area contributed by atoms with Crippen molar-refractivity contribution >= 4 is 17.2 Å². The molecule has 1 amide bonds. The third-order valence-electron chi connectivity index (χ3n) is 7.08. The molecule has 1 aromatic carbocycles. The minimum atomic E-state index is -2.85. The number of hydrogen-bond acceptors (Lipinski definition) is 6. The van der Waals surface area contributed by atoms with Gasteiger partial charge in [-0.3, -0.25) is 9.89 Å². The lowest BCUT2D eigenvalue weighted by Gasteiger charge is -2.31. The van der Waals surface area contributed by atoms with Crippen molar-refractivity contribution < 1.29 is 13.6 Å². The second-order valence-corrected chi connectivity index (χ2v) is 11.0. The largest absolute Gasteiger partial charge is 0.355 e. The number of halogens is 2. The molecule has 188 valence electrons. The van der Waals surface area contributed by atoms with Crippen LogP contribution in [0.4, 0.5) is 8.78 Å². The molecular weight excluding hydrogens is 470 g/mol. The summed E-state index contributed by atoms with van der Waals surface area (Å²) in [6, 6.07) is 8.12. The zero-order valence-electron chi connectivity index (χ0n) is 20.5. The minimum Gasteiger partial charge on any atom is -0.355 e. The van der Waals surface area contributed by atoms with Gasteiger partial charge in [0.05, 0.1) is 5.01 Å². The van der Waals surface area contributed by atoms with Gasteiger partial charge in [-0.25, -0.2) is 18.7 Å². The lowest BCUT2D eigenvalue weighted by molar-refractivity contribution is -0.123. The number of carbonyl (C=O) groups excluding carboxylic acids is 1. The number of alkyl halides is 2. The van der Waals surface area contributed by atoms with Crippen LogP contribution in [0.3, 0.4) is 0 Å². The van der Waals surface area contributed by atoms with Gasteiger partial charge in [0.25, 0.3) is 5.92 Å². The predicted molar refractivity (Wildman–Crippen MR) is 133 cm³/mol. The number of rotatable bonds is 11. The van der Waals surface area contributed by atoms with Gasteiger partial charge in [0.2, 0.25) is 5.91 Å². The minimum absolute atomic E-state index is 0.0388. The predicted octanol–water partition coefficient (Wildman–Crippen LogP) is 4.43. The van der Waals surface area contributed by atoms with E-state index in [0.717, 1.165) is 34.4 Å². The molecule has 2 atom stereocenters. The molecule has 0 radical (unpaired) electrons. The van der Waals surface area contributed by atoms with Crippen LogP contribution in [-0.2, 0) is 11.2 Å². The van der Waals surface area contributed by atoms with Crippen LogP contribution in [-0.4, -0.2) is 63.6 Å². The van der Waals surface area contributed by atoms with Crippen LogP contribution in [0.2, 0.25) is 0 Å².